The van der Waals surface area contributed by atoms with Crippen molar-refractivity contribution >= 4 is 15.8 Å². The first-order chi connectivity index (χ1) is 8.01. The summed E-state index contributed by atoms with van der Waals surface area (Å²) in [6, 6.07) is 8.10. The number of carbonyl (C=O) groups excluding carboxylic acids is 1. The van der Waals surface area contributed by atoms with E-state index in [1.165, 1.54) is 4.31 Å². The third kappa shape index (κ3) is 2.40. The van der Waals surface area contributed by atoms with Gasteiger partial charge in [0, 0.05) is 25.4 Å². The molecular weight excluding hydrogens is 238 g/mol. The van der Waals surface area contributed by atoms with Gasteiger partial charge in [0.2, 0.25) is 10.0 Å². The van der Waals surface area contributed by atoms with E-state index in [0.29, 0.717) is 17.7 Å². The maximum Gasteiger partial charge on any atom is 0.243 e. The average molecular weight is 253 g/mol. The van der Waals surface area contributed by atoms with Crippen molar-refractivity contribution in [3.63, 3.8) is 0 Å². The molecule has 2 rings (SSSR count). The van der Waals surface area contributed by atoms with Crippen LogP contribution in [0.15, 0.2) is 35.2 Å². The Kier molecular flexibility index (Phi) is 3.31. The van der Waals surface area contributed by atoms with Gasteiger partial charge in [0.05, 0.1) is 4.90 Å². The predicted octanol–water partition coefficient (Wildman–Crippen LogP) is 1.43. The maximum absolute atomic E-state index is 12.3. The lowest BCUT2D eigenvalue weighted by molar-refractivity contribution is -0.121. The molecule has 0 spiro atoms. The number of piperidine rings is 1. The summed E-state index contributed by atoms with van der Waals surface area (Å²) >= 11 is 0. The lowest BCUT2D eigenvalue weighted by Gasteiger charge is -2.31. The quantitative estimate of drug-likeness (QED) is 0.801. The van der Waals surface area contributed by atoms with Crippen LogP contribution in [-0.4, -0.2) is 31.1 Å². The van der Waals surface area contributed by atoms with Crippen molar-refractivity contribution in [2.24, 2.45) is 0 Å². The van der Waals surface area contributed by atoms with Gasteiger partial charge < -0.3 is 0 Å². The second kappa shape index (κ2) is 4.58. The van der Waals surface area contributed by atoms with Gasteiger partial charge in [-0.25, -0.2) is 8.42 Å². The number of benzene rings is 1. The van der Waals surface area contributed by atoms with Crippen molar-refractivity contribution in [1.82, 2.24) is 4.31 Å². The van der Waals surface area contributed by atoms with Crippen LogP contribution in [0.5, 0.6) is 0 Å². The first-order valence-electron chi connectivity index (χ1n) is 5.60. The molecule has 1 aliphatic rings. The molecule has 0 aliphatic carbocycles. The van der Waals surface area contributed by atoms with E-state index in [-0.39, 0.29) is 18.4 Å². The van der Waals surface area contributed by atoms with Crippen molar-refractivity contribution in [3.8, 4) is 0 Å². The highest BCUT2D eigenvalue weighted by Crippen LogP contribution is 2.23. The number of carbonyl (C=O) groups is 1. The fraction of sp³-hybridized carbons (Fsp3) is 0.417. The van der Waals surface area contributed by atoms with E-state index in [0.717, 1.165) is 0 Å². The van der Waals surface area contributed by atoms with Crippen LogP contribution in [-0.2, 0) is 14.8 Å². The molecule has 1 atom stereocenters. The van der Waals surface area contributed by atoms with E-state index in [4.69, 9.17) is 0 Å². The zero-order valence-electron chi connectivity index (χ0n) is 9.67. The van der Waals surface area contributed by atoms with E-state index < -0.39 is 10.0 Å². The standard InChI is InChI=1S/C12H15NO3S/c1-10-9-11(14)7-8-13(10)17(15,16)12-5-3-2-4-6-12/h2-6,10H,7-9H2,1H3. The van der Waals surface area contributed by atoms with Gasteiger partial charge in [-0.05, 0) is 19.1 Å². The van der Waals surface area contributed by atoms with Crippen LogP contribution in [0.3, 0.4) is 0 Å². The molecule has 1 unspecified atom stereocenters. The van der Waals surface area contributed by atoms with Gasteiger partial charge in [0.25, 0.3) is 0 Å². The monoisotopic (exact) mass is 253 g/mol. The maximum atomic E-state index is 12.3. The van der Waals surface area contributed by atoms with Crippen molar-refractivity contribution in [2.75, 3.05) is 6.54 Å². The van der Waals surface area contributed by atoms with Gasteiger partial charge in [-0.15, -0.1) is 0 Å². The second-order valence-electron chi connectivity index (χ2n) is 4.27. The van der Waals surface area contributed by atoms with Gasteiger partial charge in [-0.3, -0.25) is 4.79 Å². The van der Waals surface area contributed by atoms with Crippen LogP contribution in [0.25, 0.3) is 0 Å². The molecule has 1 heterocycles. The zero-order chi connectivity index (χ0) is 12.5. The minimum atomic E-state index is -3.45. The Morgan fingerprint density at radius 2 is 1.88 bits per heavy atom. The summed E-state index contributed by atoms with van der Waals surface area (Å²) in [5.74, 6) is 0.136. The highest BCUT2D eigenvalue weighted by molar-refractivity contribution is 7.89. The second-order valence-corrected chi connectivity index (χ2v) is 6.16. The van der Waals surface area contributed by atoms with E-state index in [2.05, 4.69) is 0 Å². The summed E-state index contributed by atoms with van der Waals surface area (Å²) in [5, 5.41) is 0. The summed E-state index contributed by atoms with van der Waals surface area (Å²) in [4.78, 5) is 11.6. The molecule has 0 aromatic heterocycles. The minimum Gasteiger partial charge on any atom is -0.300 e. The van der Waals surface area contributed by atoms with E-state index in [1.807, 2.05) is 0 Å². The Morgan fingerprint density at radius 1 is 1.24 bits per heavy atom. The summed E-state index contributed by atoms with van der Waals surface area (Å²) in [6.45, 7) is 2.06. The molecular formula is C12H15NO3S. The Labute approximate surface area is 101 Å². The van der Waals surface area contributed by atoms with Crippen LogP contribution in [0.1, 0.15) is 19.8 Å². The summed E-state index contributed by atoms with van der Waals surface area (Å²) in [7, 11) is -3.45. The highest BCUT2D eigenvalue weighted by atomic mass is 32.2. The topological polar surface area (TPSA) is 54.5 Å². The smallest absolute Gasteiger partial charge is 0.243 e. The number of Topliss-reactive ketones (excluding diaryl/α,β-unsaturated/α-hetero) is 1. The Hall–Kier alpha value is -1.20. The van der Waals surface area contributed by atoms with E-state index in [1.54, 1.807) is 37.3 Å². The number of hydrogen-bond acceptors (Lipinski definition) is 3. The van der Waals surface area contributed by atoms with Crippen molar-refractivity contribution in [1.29, 1.82) is 0 Å². The molecule has 1 aromatic carbocycles. The van der Waals surface area contributed by atoms with Gasteiger partial charge in [-0.2, -0.15) is 4.31 Å². The molecule has 5 heteroatoms. The van der Waals surface area contributed by atoms with Crippen molar-refractivity contribution < 1.29 is 13.2 Å². The number of nitrogens with zero attached hydrogens (tertiary/aromatic N) is 1. The molecule has 0 radical (unpaired) electrons. The largest absolute Gasteiger partial charge is 0.300 e. The Balaban J connectivity index is 2.31. The molecule has 1 aromatic rings. The predicted molar refractivity (Wildman–Crippen MR) is 64.0 cm³/mol. The van der Waals surface area contributed by atoms with Crippen LogP contribution < -0.4 is 0 Å². The highest BCUT2D eigenvalue weighted by Gasteiger charge is 2.33. The van der Waals surface area contributed by atoms with Gasteiger partial charge >= 0.3 is 0 Å². The summed E-state index contributed by atoms with van der Waals surface area (Å²) < 4.78 is 26.1. The van der Waals surface area contributed by atoms with Gasteiger partial charge in [0.15, 0.2) is 0 Å². The van der Waals surface area contributed by atoms with Crippen molar-refractivity contribution in [2.45, 2.75) is 30.7 Å². The van der Waals surface area contributed by atoms with E-state index >= 15 is 0 Å². The molecule has 0 bridgehead atoms. The summed E-state index contributed by atoms with van der Waals surface area (Å²) in [5.41, 5.74) is 0. The number of hydrogen-bond donors (Lipinski definition) is 0. The van der Waals surface area contributed by atoms with E-state index in [9.17, 15) is 13.2 Å². The number of ketones is 1. The SMILES string of the molecule is CC1CC(=O)CCN1S(=O)(=O)c1ccccc1. The Bertz CT molecular complexity index is 510. The molecule has 4 nitrogen and oxygen atoms in total. The van der Waals surface area contributed by atoms with Crippen molar-refractivity contribution in [3.05, 3.63) is 30.3 Å². The Morgan fingerprint density at radius 3 is 2.47 bits per heavy atom. The van der Waals surface area contributed by atoms with Crippen LogP contribution in [0.4, 0.5) is 0 Å². The normalized spacial score (nSPS) is 22.6. The van der Waals surface area contributed by atoms with Gasteiger partial charge in [0.1, 0.15) is 5.78 Å². The molecule has 1 aliphatic heterocycles. The first-order valence-corrected chi connectivity index (χ1v) is 7.04. The average Bonchev–Trinajstić information content (AvgIpc) is 2.29. The van der Waals surface area contributed by atoms with Crippen LogP contribution in [0, 0.1) is 0 Å². The molecule has 1 fully saturated rings. The zero-order valence-corrected chi connectivity index (χ0v) is 10.5. The number of sulfonamides is 1. The molecule has 1 saturated heterocycles. The fourth-order valence-electron chi connectivity index (χ4n) is 2.07. The molecule has 0 amide bonds. The third-order valence-electron chi connectivity index (χ3n) is 2.98. The first kappa shape index (κ1) is 12.3. The molecule has 0 saturated carbocycles. The summed E-state index contributed by atoms with van der Waals surface area (Å²) in [6.07, 6.45) is 0.627. The third-order valence-corrected chi connectivity index (χ3v) is 5.00. The molecule has 17 heavy (non-hydrogen) atoms. The van der Waals surface area contributed by atoms with Crippen LogP contribution in [0.2, 0.25) is 0 Å². The minimum absolute atomic E-state index is 0.136. The fourth-order valence-corrected chi connectivity index (χ4v) is 3.73. The molecule has 0 N–H and O–H groups in total. The van der Waals surface area contributed by atoms with Gasteiger partial charge in [-0.1, -0.05) is 18.2 Å². The molecule has 92 valence electrons. The lowest BCUT2D eigenvalue weighted by atomic mass is 10.1. The lowest BCUT2D eigenvalue weighted by Crippen LogP contribution is -2.44. The number of rotatable bonds is 2. The van der Waals surface area contributed by atoms with Crippen LogP contribution >= 0.6 is 0 Å².